The molecular weight excluding hydrogens is 469 g/mol. The monoisotopic (exact) mass is 488 g/mol. The highest BCUT2D eigenvalue weighted by Gasteiger charge is 2.31. The number of thiophene rings is 1. The Labute approximate surface area is 195 Å². The number of fused-ring (bicyclic) bond motifs is 1. The summed E-state index contributed by atoms with van der Waals surface area (Å²) in [4.78, 5) is 36.1. The van der Waals surface area contributed by atoms with Crippen molar-refractivity contribution in [2.24, 2.45) is 0 Å². The number of hydrogen-bond acceptors (Lipinski definition) is 6. The Morgan fingerprint density at radius 1 is 1.12 bits per heavy atom. The van der Waals surface area contributed by atoms with E-state index < -0.39 is 11.7 Å². The van der Waals surface area contributed by atoms with Gasteiger partial charge >= 0.3 is 6.18 Å². The number of H-pyrrole nitrogens is 1. The molecule has 1 aliphatic heterocycles. The van der Waals surface area contributed by atoms with Gasteiger partial charge in [0.2, 0.25) is 0 Å². The van der Waals surface area contributed by atoms with Crippen molar-refractivity contribution in [3.8, 4) is 11.3 Å². The van der Waals surface area contributed by atoms with Gasteiger partial charge in [-0.3, -0.25) is 14.5 Å². The molecule has 0 bridgehead atoms. The van der Waals surface area contributed by atoms with Gasteiger partial charge in [-0.05, 0) is 35.7 Å². The fourth-order valence-electron chi connectivity index (χ4n) is 3.93. The van der Waals surface area contributed by atoms with Crippen molar-refractivity contribution in [2.45, 2.75) is 12.7 Å². The van der Waals surface area contributed by atoms with Crippen molar-refractivity contribution in [1.29, 1.82) is 0 Å². The molecule has 176 valence electrons. The molecule has 0 aliphatic carbocycles. The van der Waals surface area contributed by atoms with Gasteiger partial charge in [0.1, 0.15) is 16.3 Å². The number of carbonyl (C=O) groups is 1. The smallest absolute Gasteiger partial charge is 0.416 e. The second-order valence-electron chi connectivity index (χ2n) is 7.96. The highest BCUT2D eigenvalue weighted by Crippen LogP contribution is 2.32. The second kappa shape index (κ2) is 8.73. The fraction of sp³-hybridized carbons (Fsp3) is 0.261. The lowest BCUT2D eigenvalue weighted by Crippen LogP contribution is -2.48. The molecule has 7 nitrogen and oxygen atoms in total. The molecule has 1 N–H and O–H groups in total. The fourth-order valence-corrected chi connectivity index (χ4v) is 4.66. The van der Waals surface area contributed by atoms with E-state index in [1.165, 1.54) is 35.6 Å². The Morgan fingerprint density at radius 2 is 1.91 bits per heavy atom. The molecular formula is C23H19F3N4O3S. The first kappa shape index (κ1) is 22.4. The third kappa shape index (κ3) is 4.48. The van der Waals surface area contributed by atoms with E-state index in [-0.39, 0.29) is 28.6 Å². The van der Waals surface area contributed by atoms with E-state index in [1.54, 1.807) is 4.90 Å². The van der Waals surface area contributed by atoms with Gasteiger partial charge in [-0.25, -0.2) is 4.98 Å². The molecule has 4 aromatic rings. The number of carbonyl (C=O) groups excluding carboxylic acids is 1. The van der Waals surface area contributed by atoms with Crippen molar-refractivity contribution in [3.05, 3.63) is 75.3 Å². The summed E-state index contributed by atoms with van der Waals surface area (Å²) in [6, 6.07) is 9.59. The first-order valence-electron chi connectivity index (χ1n) is 10.5. The molecule has 4 heterocycles. The number of benzene rings is 1. The number of amides is 1. The minimum atomic E-state index is -4.46. The molecule has 0 unspecified atom stereocenters. The first-order chi connectivity index (χ1) is 16.3. The van der Waals surface area contributed by atoms with Crippen LogP contribution in [0.2, 0.25) is 0 Å². The van der Waals surface area contributed by atoms with Crippen molar-refractivity contribution >= 4 is 27.5 Å². The topological polar surface area (TPSA) is 82.4 Å². The SMILES string of the molecule is O=C(c1ccc(-c2cccc(C(F)(F)F)c2)o1)N1CCN(Cc2nc3ccsc3c(=O)[nH]2)CC1. The molecule has 0 radical (unpaired) electrons. The lowest BCUT2D eigenvalue weighted by atomic mass is 10.1. The second-order valence-corrected chi connectivity index (χ2v) is 8.87. The predicted octanol–water partition coefficient (Wildman–Crippen LogP) is 4.22. The van der Waals surface area contributed by atoms with Gasteiger partial charge in [0, 0.05) is 31.7 Å². The molecule has 1 saturated heterocycles. The van der Waals surface area contributed by atoms with Crippen molar-refractivity contribution in [2.75, 3.05) is 26.2 Å². The number of halogens is 3. The quantitative estimate of drug-likeness (QED) is 0.465. The van der Waals surface area contributed by atoms with Crippen molar-refractivity contribution < 1.29 is 22.4 Å². The number of piperazine rings is 1. The number of furan rings is 1. The lowest BCUT2D eigenvalue weighted by Gasteiger charge is -2.33. The van der Waals surface area contributed by atoms with Gasteiger partial charge in [-0.1, -0.05) is 12.1 Å². The number of nitrogens with zero attached hydrogens (tertiary/aromatic N) is 3. The summed E-state index contributed by atoms with van der Waals surface area (Å²) in [7, 11) is 0. The molecule has 11 heteroatoms. The van der Waals surface area contributed by atoms with Crippen LogP contribution in [0.1, 0.15) is 21.9 Å². The third-order valence-corrected chi connectivity index (χ3v) is 6.59. The van der Waals surface area contributed by atoms with E-state index in [9.17, 15) is 22.8 Å². The summed E-state index contributed by atoms with van der Waals surface area (Å²) in [6.45, 7) is 2.52. The van der Waals surface area contributed by atoms with Crippen LogP contribution in [-0.4, -0.2) is 51.9 Å². The summed E-state index contributed by atoms with van der Waals surface area (Å²) in [5.74, 6) is 0.540. The van der Waals surface area contributed by atoms with Crippen LogP contribution < -0.4 is 5.56 Å². The molecule has 1 amide bonds. The zero-order chi connectivity index (χ0) is 23.9. The summed E-state index contributed by atoms with van der Waals surface area (Å²) in [5, 5.41) is 1.83. The van der Waals surface area contributed by atoms with Crippen LogP contribution in [0.5, 0.6) is 0 Å². The van der Waals surface area contributed by atoms with E-state index in [0.717, 1.165) is 12.1 Å². The van der Waals surface area contributed by atoms with E-state index >= 15 is 0 Å². The molecule has 1 fully saturated rings. The van der Waals surface area contributed by atoms with Crippen LogP contribution in [0.15, 0.2) is 57.1 Å². The zero-order valence-electron chi connectivity index (χ0n) is 17.8. The molecule has 0 atom stereocenters. The summed E-state index contributed by atoms with van der Waals surface area (Å²) in [5.41, 5.74) is -0.00711. The van der Waals surface area contributed by atoms with E-state index in [0.29, 0.717) is 48.8 Å². The summed E-state index contributed by atoms with van der Waals surface area (Å²) < 4.78 is 45.2. The predicted molar refractivity (Wildman–Crippen MR) is 121 cm³/mol. The minimum Gasteiger partial charge on any atom is -0.451 e. The molecule has 34 heavy (non-hydrogen) atoms. The van der Waals surface area contributed by atoms with Crippen LogP contribution in [0.4, 0.5) is 13.2 Å². The van der Waals surface area contributed by atoms with Gasteiger partial charge in [0.25, 0.3) is 11.5 Å². The molecule has 5 rings (SSSR count). The van der Waals surface area contributed by atoms with E-state index in [2.05, 4.69) is 14.9 Å². The van der Waals surface area contributed by atoms with Gasteiger partial charge < -0.3 is 14.3 Å². The molecule has 0 saturated carbocycles. The number of aromatic amines is 1. The van der Waals surface area contributed by atoms with Crippen molar-refractivity contribution in [1.82, 2.24) is 19.8 Å². The Hall–Kier alpha value is -3.44. The number of rotatable bonds is 4. The Morgan fingerprint density at radius 3 is 2.68 bits per heavy atom. The normalized spacial score (nSPS) is 15.2. The number of alkyl halides is 3. The first-order valence-corrected chi connectivity index (χ1v) is 11.4. The van der Waals surface area contributed by atoms with Gasteiger partial charge in [0.15, 0.2) is 5.76 Å². The molecule has 1 aromatic carbocycles. The largest absolute Gasteiger partial charge is 0.451 e. The van der Waals surface area contributed by atoms with E-state index in [1.807, 2.05) is 11.4 Å². The minimum absolute atomic E-state index is 0.0785. The van der Waals surface area contributed by atoms with Gasteiger partial charge in [-0.2, -0.15) is 13.2 Å². The maximum Gasteiger partial charge on any atom is 0.416 e. The lowest BCUT2D eigenvalue weighted by molar-refractivity contribution is -0.137. The average molecular weight is 488 g/mol. The standard InChI is InChI=1S/C23H19F3N4O3S/c24-23(25,26)15-3-1-2-14(12-15)17-4-5-18(33-17)22(32)30-9-7-29(8-10-30)13-19-27-16-6-11-34-20(16)21(31)28-19/h1-6,11-12H,7-10,13H2,(H,27,28,31). The summed E-state index contributed by atoms with van der Waals surface area (Å²) in [6.07, 6.45) is -4.46. The summed E-state index contributed by atoms with van der Waals surface area (Å²) >= 11 is 1.35. The average Bonchev–Trinajstić information content (AvgIpc) is 3.49. The Balaban J connectivity index is 1.22. The van der Waals surface area contributed by atoms with Crippen LogP contribution >= 0.6 is 11.3 Å². The zero-order valence-corrected chi connectivity index (χ0v) is 18.6. The Kier molecular flexibility index (Phi) is 5.74. The molecule has 3 aromatic heterocycles. The van der Waals surface area contributed by atoms with Crippen molar-refractivity contribution in [3.63, 3.8) is 0 Å². The molecule has 1 aliphatic rings. The third-order valence-electron chi connectivity index (χ3n) is 5.69. The van der Waals surface area contributed by atoms with Gasteiger partial charge in [0.05, 0.1) is 17.6 Å². The highest BCUT2D eigenvalue weighted by molar-refractivity contribution is 7.17. The van der Waals surface area contributed by atoms with Crippen LogP contribution in [0.25, 0.3) is 21.5 Å². The number of nitrogens with one attached hydrogen (secondary N) is 1. The van der Waals surface area contributed by atoms with Crippen LogP contribution in [0, 0.1) is 0 Å². The molecule has 0 spiro atoms. The van der Waals surface area contributed by atoms with Crippen LogP contribution in [0.3, 0.4) is 0 Å². The maximum atomic E-state index is 13.0. The van der Waals surface area contributed by atoms with Gasteiger partial charge in [-0.15, -0.1) is 11.3 Å². The number of aromatic nitrogens is 2. The highest BCUT2D eigenvalue weighted by atomic mass is 32.1. The maximum absolute atomic E-state index is 13.0. The van der Waals surface area contributed by atoms with Crippen LogP contribution in [-0.2, 0) is 12.7 Å². The number of hydrogen-bond donors (Lipinski definition) is 1. The van der Waals surface area contributed by atoms with E-state index in [4.69, 9.17) is 4.42 Å². The Bertz CT molecular complexity index is 1400.